The van der Waals surface area contributed by atoms with E-state index in [1.165, 1.54) is 12.8 Å². The van der Waals surface area contributed by atoms with Crippen LogP contribution in [-0.4, -0.2) is 6.29 Å². The molecular formula is C9H16O. The number of hydrogen-bond donors (Lipinski definition) is 0. The summed E-state index contributed by atoms with van der Waals surface area (Å²) in [6.07, 6.45) is 4.77. The summed E-state index contributed by atoms with van der Waals surface area (Å²) < 4.78 is 0. The molecule has 0 N–H and O–H groups in total. The van der Waals surface area contributed by atoms with Gasteiger partial charge in [0.1, 0.15) is 6.29 Å². The molecule has 10 heavy (non-hydrogen) atoms. The van der Waals surface area contributed by atoms with Crippen molar-refractivity contribution < 1.29 is 4.79 Å². The van der Waals surface area contributed by atoms with Gasteiger partial charge in [-0.2, -0.15) is 0 Å². The standard InChI is InChI=1S/C9H16O/c1-3-7(4-2)9-5-8(9)6-10/h6-9H,3-5H2,1-2H3/t8-,9-/m1/s1. The largest absolute Gasteiger partial charge is 0.303 e. The molecule has 0 aromatic heterocycles. The first-order chi connectivity index (χ1) is 4.83. The number of hydrogen-bond acceptors (Lipinski definition) is 1. The lowest BCUT2D eigenvalue weighted by atomic mass is 9.96. The van der Waals surface area contributed by atoms with Crippen LogP contribution in [0, 0.1) is 17.8 Å². The topological polar surface area (TPSA) is 17.1 Å². The van der Waals surface area contributed by atoms with E-state index in [4.69, 9.17) is 0 Å². The van der Waals surface area contributed by atoms with Crippen molar-refractivity contribution >= 4 is 6.29 Å². The van der Waals surface area contributed by atoms with E-state index in [9.17, 15) is 4.79 Å². The molecule has 0 heterocycles. The predicted molar refractivity (Wildman–Crippen MR) is 41.7 cm³/mol. The minimum atomic E-state index is 0.421. The molecule has 0 radical (unpaired) electrons. The Bertz CT molecular complexity index is 116. The van der Waals surface area contributed by atoms with Crippen LogP contribution >= 0.6 is 0 Å². The molecule has 0 bridgehead atoms. The highest BCUT2D eigenvalue weighted by atomic mass is 16.1. The van der Waals surface area contributed by atoms with Crippen molar-refractivity contribution in [1.29, 1.82) is 0 Å². The van der Waals surface area contributed by atoms with Gasteiger partial charge in [0.25, 0.3) is 0 Å². The third-order valence-corrected chi connectivity index (χ3v) is 2.72. The highest BCUT2D eigenvalue weighted by Gasteiger charge is 2.40. The van der Waals surface area contributed by atoms with Gasteiger partial charge in [0.05, 0.1) is 0 Å². The molecule has 0 spiro atoms. The van der Waals surface area contributed by atoms with Crippen LogP contribution in [0.4, 0.5) is 0 Å². The van der Waals surface area contributed by atoms with Gasteiger partial charge in [0.15, 0.2) is 0 Å². The van der Waals surface area contributed by atoms with Crippen LogP contribution in [0.2, 0.25) is 0 Å². The minimum absolute atomic E-state index is 0.421. The first-order valence-corrected chi connectivity index (χ1v) is 4.28. The maximum absolute atomic E-state index is 10.3. The summed E-state index contributed by atoms with van der Waals surface area (Å²) in [5.74, 6) is 1.98. The Kier molecular flexibility index (Phi) is 2.47. The molecule has 1 saturated carbocycles. The summed E-state index contributed by atoms with van der Waals surface area (Å²) in [5.41, 5.74) is 0. The van der Waals surface area contributed by atoms with E-state index in [1.807, 2.05) is 0 Å². The van der Waals surface area contributed by atoms with Crippen molar-refractivity contribution in [2.24, 2.45) is 17.8 Å². The van der Waals surface area contributed by atoms with E-state index in [-0.39, 0.29) is 0 Å². The molecule has 1 heteroatoms. The van der Waals surface area contributed by atoms with Gasteiger partial charge in [-0.15, -0.1) is 0 Å². The molecule has 58 valence electrons. The summed E-state index contributed by atoms with van der Waals surface area (Å²) >= 11 is 0. The Morgan fingerprint density at radius 2 is 2.10 bits per heavy atom. The zero-order valence-electron chi connectivity index (χ0n) is 6.84. The van der Waals surface area contributed by atoms with Crippen molar-refractivity contribution in [3.05, 3.63) is 0 Å². The van der Waals surface area contributed by atoms with Crippen LogP contribution in [0.25, 0.3) is 0 Å². The van der Waals surface area contributed by atoms with E-state index < -0.39 is 0 Å². The third-order valence-electron chi connectivity index (χ3n) is 2.72. The second-order valence-electron chi connectivity index (χ2n) is 3.28. The molecule has 0 unspecified atom stereocenters. The Morgan fingerprint density at radius 1 is 1.50 bits per heavy atom. The van der Waals surface area contributed by atoms with E-state index in [0.29, 0.717) is 5.92 Å². The van der Waals surface area contributed by atoms with Gasteiger partial charge < -0.3 is 4.79 Å². The van der Waals surface area contributed by atoms with E-state index in [1.54, 1.807) is 0 Å². The fraction of sp³-hybridized carbons (Fsp3) is 0.889. The van der Waals surface area contributed by atoms with Gasteiger partial charge >= 0.3 is 0 Å². The Hall–Kier alpha value is -0.330. The van der Waals surface area contributed by atoms with Crippen LogP contribution < -0.4 is 0 Å². The molecule has 0 aromatic carbocycles. The van der Waals surface area contributed by atoms with Gasteiger partial charge in [-0.1, -0.05) is 26.7 Å². The van der Waals surface area contributed by atoms with Crippen molar-refractivity contribution in [1.82, 2.24) is 0 Å². The zero-order valence-corrected chi connectivity index (χ0v) is 6.84. The molecule has 1 aliphatic carbocycles. The summed E-state index contributed by atoms with van der Waals surface area (Å²) in [6.45, 7) is 4.43. The van der Waals surface area contributed by atoms with Crippen molar-refractivity contribution in [2.45, 2.75) is 33.1 Å². The van der Waals surface area contributed by atoms with Crippen LogP contribution in [0.1, 0.15) is 33.1 Å². The van der Waals surface area contributed by atoms with Gasteiger partial charge in [-0.3, -0.25) is 0 Å². The predicted octanol–water partition coefficient (Wildman–Crippen LogP) is 2.26. The summed E-state index contributed by atoms with van der Waals surface area (Å²) in [7, 11) is 0. The first-order valence-electron chi connectivity index (χ1n) is 4.28. The smallest absolute Gasteiger partial charge is 0.123 e. The fourth-order valence-electron chi connectivity index (χ4n) is 1.83. The summed E-state index contributed by atoms with van der Waals surface area (Å²) in [6, 6.07) is 0. The summed E-state index contributed by atoms with van der Waals surface area (Å²) in [5, 5.41) is 0. The molecule has 0 amide bonds. The average Bonchev–Trinajstić information content (AvgIpc) is 2.70. The normalized spacial score (nSPS) is 30.7. The maximum Gasteiger partial charge on any atom is 0.123 e. The van der Waals surface area contributed by atoms with Gasteiger partial charge in [0, 0.05) is 5.92 Å². The van der Waals surface area contributed by atoms with E-state index in [0.717, 1.165) is 24.5 Å². The van der Waals surface area contributed by atoms with E-state index in [2.05, 4.69) is 13.8 Å². The lowest BCUT2D eigenvalue weighted by molar-refractivity contribution is -0.109. The Morgan fingerprint density at radius 3 is 2.40 bits per heavy atom. The summed E-state index contributed by atoms with van der Waals surface area (Å²) in [4.78, 5) is 10.3. The number of rotatable bonds is 4. The second kappa shape index (κ2) is 3.18. The number of carbonyl (C=O) groups excluding carboxylic acids is 1. The Labute approximate surface area is 62.8 Å². The lowest BCUT2D eigenvalue weighted by Gasteiger charge is -2.09. The van der Waals surface area contributed by atoms with Crippen LogP contribution in [-0.2, 0) is 4.79 Å². The fourth-order valence-corrected chi connectivity index (χ4v) is 1.83. The first kappa shape index (κ1) is 7.77. The van der Waals surface area contributed by atoms with Gasteiger partial charge in [-0.05, 0) is 18.3 Å². The molecule has 0 aromatic rings. The molecule has 1 nitrogen and oxygen atoms in total. The monoisotopic (exact) mass is 140 g/mol. The molecule has 1 aliphatic rings. The average molecular weight is 140 g/mol. The highest BCUT2D eigenvalue weighted by molar-refractivity contribution is 5.58. The Balaban J connectivity index is 2.29. The molecule has 2 atom stereocenters. The molecule has 0 aliphatic heterocycles. The minimum Gasteiger partial charge on any atom is -0.303 e. The van der Waals surface area contributed by atoms with Crippen molar-refractivity contribution in [2.75, 3.05) is 0 Å². The number of carbonyl (C=O) groups is 1. The quantitative estimate of drug-likeness (QED) is 0.547. The molecule has 1 fully saturated rings. The highest BCUT2D eigenvalue weighted by Crippen LogP contribution is 2.45. The van der Waals surface area contributed by atoms with Crippen LogP contribution in [0.3, 0.4) is 0 Å². The van der Waals surface area contributed by atoms with Crippen molar-refractivity contribution in [3.8, 4) is 0 Å². The maximum atomic E-state index is 10.3. The number of aldehydes is 1. The van der Waals surface area contributed by atoms with Gasteiger partial charge in [-0.25, -0.2) is 0 Å². The zero-order chi connectivity index (χ0) is 7.56. The van der Waals surface area contributed by atoms with Crippen molar-refractivity contribution in [3.63, 3.8) is 0 Å². The van der Waals surface area contributed by atoms with Gasteiger partial charge in [0.2, 0.25) is 0 Å². The van der Waals surface area contributed by atoms with Crippen LogP contribution in [0.5, 0.6) is 0 Å². The second-order valence-corrected chi connectivity index (χ2v) is 3.28. The van der Waals surface area contributed by atoms with E-state index >= 15 is 0 Å². The lowest BCUT2D eigenvalue weighted by Crippen LogP contribution is -2.01. The molecular weight excluding hydrogens is 124 g/mol. The SMILES string of the molecule is CCC(CC)[C@H]1C[C@@H]1C=O. The molecule has 0 saturated heterocycles. The third kappa shape index (κ3) is 1.39. The van der Waals surface area contributed by atoms with Crippen LogP contribution in [0.15, 0.2) is 0 Å². The molecule has 1 rings (SSSR count).